The molecule has 5 heteroatoms. The van der Waals surface area contributed by atoms with Gasteiger partial charge in [-0.15, -0.1) is 11.3 Å². The lowest BCUT2D eigenvalue weighted by atomic mass is 10.1. The Kier molecular flexibility index (Phi) is 3.90. The van der Waals surface area contributed by atoms with Crippen LogP contribution in [0.2, 0.25) is 5.02 Å². The van der Waals surface area contributed by atoms with E-state index >= 15 is 0 Å². The van der Waals surface area contributed by atoms with Gasteiger partial charge in [0.1, 0.15) is 5.82 Å². The molecular weight excluding hydrogens is 307 g/mol. The zero-order valence-corrected chi connectivity index (χ0v) is 12.6. The van der Waals surface area contributed by atoms with E-state index in [1.54, 1.807) is 18.2 Å². The van der Waals surface area contributed by atoms with Crippen molar-refractivity contribution in [1.82, 2.24) is 4.98 Å². The largest absolute Gasteiger partial charge is 0.398 e. The van der Waals surface area contributed by atoms with E-state index in [1.165, 1.54) is 11.3 Å². The van der Waals surface area contributed by atoms with Crippen LogP contribution in [-0.2, 0) is 6.42 Å². The summed E-state index contributed by atoms with van der Waals surface area (Å²) in [6, 6.07) is 12.6. The fraction of sp³-hybridized carbons (Fsp3) is 0.0625. The van der Waals surface area contributed by atoms with Crippen LogP contribution in [0, 0.1) is 5.82 Å². The third-order valence-electron chi connectivity index (χ3n) is 3.16. The van der Waals surface area contributed by atoms with E-state index in [0.29, 0.717) is 17.7 Å². The van der Waals surface area contributed by atoms with Crippen LogP contribution in [0.3, 0.4) is 0 Å². The van der Waals surface area contributed by atoms with Crippen LogP contribution in [0.4, 0.5) is 10.1 Å². The minimum atomic E-state index is -0.379. The Morgan fingerprint density at radius 3 is 2.76 bits per heavy atom. The van der Waals surface area contributed by atoms with Crippen molar-refractivity contribution >= 4 is 28.6 Å². The molecule has 0 aliphatic carbocycles. The molecule has 0 aliphatic rings. The zero-order valence-electron chi connectivity index (χ0n) is 11.0. The first-order valence-corrected chi connectivity index (χ1v) is 7.63. The summed E-state index contributed by atoms with van der Waals surface area (Å²) in [6.07, 6.45) is 0.420. The van der Waals surface area contributed by atoms with Crippen molar-refractivity contribution in [2.75, 3.05) is 5.73 Å². The number of aromatic nitrogens is 1. The molecule has 0 radical (unpaired) electrons. The Morgan fingerprint density at radius 2 is 1.95 bits per heavy atom. The molecule has 0 fully saturated rings. The fourth-order valence-electron chi connectivity index (χ4n) is 2.09. The zero-order chi connectivity index (χ0) is 14.8. The normalized spacial score (nSPS) is 10.8. The van der Waals surface area contributed by atoms with Crippen molar-refractivity contribution in [1.29, 1.82) is 0 Å². The monoisotopic (exact) mass is 318 g/mol. The standard InChI is InChI=1S/C16H12ClFN2S/c17-12-6-3-4-10(16(12)18)8-15-20-14(9-21-15)11-5-1-2-7-13(11)19/h1-7,9H,8,19H2. The van der Waals surface area contributed by atoms with E-state index in [2.05, 4.69) is 4.98 Å². The summed E-state index contributed by atoms with van der Waals surface area (Å²) in [4.78, 5) is 4.54. The highest BCUT2D eigenvalue weighted by atomic mass is 35.5. The molecule has 0 atom stereocenters. The summed E-state index contributed by atoms with van der Waals surface area (Å²) < 4.78 is 13.9. The van der Waals surface area contributed by atoms with Gasteiger partial charge in [-0.25, -0.2) is 9.37 Å². The molecule has 0 amide bonds. The van der Waals surface area contributed by atoms with Gasteiger partial charge in [-0.1, -0.05) is 41.9 Å². The number of hydrogen-bond acceptors (Lipinski definition) is 3. The number of nitrogens with two attached hydrogens (primary N) is 1. The third-order valence-corrected chi connectivity index (χ3v) is 4.30. The summed E-state index contributed by atoms with van der Waals surface area (Å²) in [5.74, 6) is -0.379. The molecule has 0 aliphatic heterocycles. The van der Waals surface area contributed by atoms with Crippen LogP contribution in [0.5, 0.6) is 0 Å². The van der Waals surface area contributed by atoms with Crippen LogP contribution < -0.4 is 5.73 Å². The van der Waals surface area contributed by atoms with Crippen molar-refractivity contribution in [2.45, 2.75) is 6.42 Å². The number of halogens is 2. The number of thiazole rings is 1. The number of para-hydroxylation sites is 1. The van der Waals surface area contributed by atoms with Gasteiger partial charge in [0, 0.05) is 23.1 Å². The number of rotatable bonds is 3. The molecule has 0 saturated heterocycles. The highest BCUT2D eigenvalue weighted by Crippen LogP contribution is 2.28. The average molecular weight is 319 g/mol. The molecule has 1 heterocycles. The van der Waals surface area contributed by atoms with Gasteiger partial charge in [-0.3, -0.25) is 0 Å². The second-order valence-electron chi connectivity index (χ2n) is 4.60. The highest BCUT2D eigenvalue weighted by molar-refractivity contribution is 7.10. The van der Waals surface area contributed by atoms with Crippen LogP contribution in [0.25, 0.3) is 11.3 Å². The van der Waals surface area contributed by atoms with Crippen molar-refractivity contribution < 1.29 is 4.39 Å². The van der Waals surface area contributed by atoms with Gasteiger partial charge in [-0.2, -0.15) is 0 Å². The lowest BCUT2D eigenvalue weighted by Gasteiger charge is -2.02. The Morgan fingerprint density at radius 1 is 1.14 bits per heavy atom. The Hall–Kier alpha value is -1.91. The van der Waals surface area contributed by atoms with E-state index in [0.717, 1.165) is 16.3 Å². The van der Waals surface area contributed by atoms with E-state index in [-0.39, 0.29) is 10.8 Å². The van der Waals surface area contributed by atoms with Crippen LogP contribution in [0.15, 0.2) is 47.8 Å². The van der Waals surface area contributed by atoms with Gasteiger partial charge in [0.25, 0.3) is 0 Å². The smallest absolute Gasteiger partial charge is 0.145 e. The second-order valence-corrected chi connectivity index (χ2v) is 5.95. The van der Waals surface area contributed by atoms with Crippen molar-refractivity contribution in [3.8, 4) is 11.3 Å². The summed E-state index contributed by atoms with van der Waals surface area (Å²) in [5.41, 5.74) is 8.89. The minimum Gasteiger partial charge on any atom is -0.398 e. The lowest BCUT2D eigenvalue weighted by Crippen LogP contribution is -1.93. The number of hydrogen-bond donors (Lipinski definition) is 1. The molecule has 1 aromatic heterocycles. The maximum Gasteiger partial charge on any atom is 0.145 e. The molecule has 0 bridgehead atoms. The van der Waals surface area contributed by atoms with Gasteiger partial charge in [0.05, 0.1) is 15.7 Å². The fourth-order valence-corrected chi connectivity index (χ4v) is 3.11. The van der Waals surface area contributed by atoms with E-state index in [1.807, 2.05) is 29.6 Å². The number of anilines is 1. The van der Waals surface area contributed by atoms with Crippen molar-refractivity contribution in [3.05, 3.63) is 69.3 Å². The molecule has 0 saturated carbocycles. The predicted octanol–water partition coefficient (Wildman–Crippen LogP) is 4.78. The van der Waals surface area contributed by atoms with Gasteiger partial charge in [0.2, 0.25) is 0 Å². The van der Waals surface area contributed by atoms with Gasteiger partial charge in [0.15, 0.2) is 0 Å². The van der Waals surface area contributed by atoms with Gasteiger partial charge < -0.3 is 5.73 Å². The molecule has 3 aromatic rings. The number of nitrogens with zero attached hydrogens (tertiary/aromatic N) is 1. The Bertz CT molecular complexity index is 785. The first-order valence-electron chi connectivity index (χ1n) is 6.37. The molecule has 3 rings (SSSR count). The quantitative estimate of drug-likeness (QED) is 0.706. The molecule has 2 N–H and O–H groups in total. The minimum absolute atomic E-state index is 0.136. The molecule has 2 nitrogen and oxygen atoms in total. The molecule has 0 spiro atoms. The molecular formula is C16H12ClFN2S. The van der Waals surface area contributed by atoms with Crippen molar-refractivity contribution in [3.63, 3.8) is 0 Å². The Labute approximate surface area is 131 Å². The molecule has 21 heavy (non-hydrogen) atoms. The predicted molar refractivity (Wildman–Crippen MR) is 86.2 cm³/mol. The molecule has 2 aromatic carbocycles. The molecule has 106 valence electrons. The first-order chi connectivity index (χ1) is 10.1. The summed E-state index contributed by atoms with van der Waals surface area (Å²) in [7, 11) is 0. The van der Waals surface area contributed by atoms with Crippen LogP contribution >= 0.6 is 22.9 Å². The van der Waals surface area contributed by atoms with E-state index in [9.17, 15) is 4.39 Å². The number of nitrogen functional groups attached to an aromatic ring is 1. The lowest BCUT2D eigenvalue weighted by molar-refractivity contribution is 0.614. The summed E-state index contributed by atoms with van der Waals surface area (Å²) >= 11 is 7.28. The maximum atomic E-state index is 13.9. The van der Waals surface area contributed by atoms with Crippen molar-refractivity contribution in [2.24, 2.45) is 0 Å². The van der Waals surface area contributed by atoms with Crippen LogP contribution in [0.1, 0.15) is 10.6 Å². The number of benzene rings is 2. The van der Waals surface area contributed by atoms with E-state index < -0.39 is 0 Å². The van der Waals surface area contributed by atoms with E-state index in [4.69, 9.17) is 17.3 Å². The maximum absolute atomic E-state index is 13.9. The van der Waals surface area contributed by atoms with Gasteiger partial charge >= 0.3 is 0 Å². The van der Waals surface area contributed by atoms with Crippen LogP contribution in [-0.4, -0.2) is 4.98 Å². The topological polar surface area (TPSA) is 38.9 Å². The first kappa shape index (κ1) is 14.0. The van der Waals surface area contributed by atoms with Gasteiger partial charge in [-0.05, 0) is 17.7 Å². The highest BCUT2D eigenvalue weighted by Gasteiger charge is 2.11. The third kappa shape index (κ3) is 2.91. The average Bonchev–Trinajstić information content (AvgIpc) is 2.93. The molecule has 0 unspecified atom stereocenters. The summed E-state index contributed by atoms with van der Waals surface area (Å²) in [6.45, 7) is 0. The second kappa shape index (κ2) is 5.84. The Balaban J connectivity index is 1.89. The SMILES string of the molecule is Nc1ccccc1-c1csc(Cc2cccc(Cl)c2F)n1. The summed E-state index contributed by atoms with van der Waals surface area (Å²) in [5, 5.41) is 2.90.